The van der Waals surface area contributed by atoms with Gasteiger partial charge in [0.05, 0.1) is 7.11 Å². The average molecular weight is 283 g/mol. The Labute approximate surface area is 120 Å². The maximum absolute atomic E-state index is 9.60. The quantitative estimate of drug-likeness (QED) is 0.687. The van der Waals surface area contributed by atoms with Gasteiger partial charge >= 0.3 is 0 Å². The minimum Gasteiger partial charge on any atom is -0.508 e. The zero-order valence-electron chi connectivity index (χ0n) is 11.2. The molecule has 0 saturated carbocycles. The maximum atomic E-state index is 9.60. The van der Waals surface area contributed by atoms with Gasteiger partial charge in [0.25, 0.3) is 0 Å². The third kappa shape index (κ3) is 2.51. The van der Waals surface area contributed by atoms with Crippen LogP contribution in [0.3, 0.4) is 0 Å². The number of nitrogens with zero attached hydrogens (tertiary/aromatic N) is 2. The van der Waals surface area contributed by atoms with Gasteiger partial charge in [-0.2, -0.15) is 5.10 Å². The molecule has 6 nitrogen and oxygen atoms in total. The van der Waals surface area contributed by atoms with E-state index in [1.165, 1.54) is 13.2 Å². The minimum absolute atomic E-state index is 0.0639. The number of aromatic amines is 1. The van der Waals surface area contributed by atoms with E-state index >= 15 is 0 Å². The summed E-state index contributed by atoms with van der Waals surface area (Å²) in [6, 6.07) is 11.6. The Balaban J connectivity index is 1.98. The first-order valence-corrected chi connectivity index (χ1v) is 6.26. The molecule has 6 heteroatoms. The number of ether oxygens (including phenoxy) is 1. The summed E-state index contributed by atoms with van der Waals surface area (Å²) in [5, 5.41) is 26.0. The highest BCUT2D eigenvalue weighted by molar-refractivity contribution is 5.64. The van der Waals surface area contributed by atoms with E-state index in [2.05, 4.69) is 15.2 Å². The maximum Gasteiger partial charge on any atom is 0.181 e. The van der Waals surface area contributed by atoms with E-state index in [1.54, 1.807) is 30.3 Å². The predicted molar refractivity (Wildman–Crippen MR) is 77.1 cm³/mol. The molecular formula is C15H13N3O3. The van der Waals surface area contributed by atoms with Crippen LogP contribution in [-0.4, -0.2) is 32.5 Å². The van der Waals surface area contributed by atoms with Crippen LogP contribution in [0.4, 0.5) is 0 Å². The lowest BCUT2D eigenvalue weighted by atomic mass is 10.2. The van der Waals surface area contributed by atoms with Crippen molar-refractivity contribution >= 4 is 0 Å². The van der Waals surface area contributed by atoms with E-state index in [0.29, 0.717) is 23.0 Å². The van der Waals surface area contributed by atoms with Gasteiger partial charge in [-0.05, 0) is 30.3 Å². The van der Waals surface area contributed by atoms with Crippen LogP contribution in [0.25, 0.3) is 22.8 Å². The van der Waals surface area contributed by atoms with Gasteiger partial charge in [-0.3, -0.25) is 5.10 Å². The molecule has 3 rings (SSSR count). The number of nitrogens with one attached hydrogen (secondary N) is 1. The first-order valence-electron chi connectivity index (χ1n) is 6.26. The molecule has 0 bridgehead atoms. The number of hydrogen-bond donors (Lipinski definition) is 3. The Bertz CT molecular complexity index is 783. The van der Waals surface area contributed by atoms with Gasteiger partial charge in [-0.1, -0.05) is 12.1 Å². The van der Waals surface area contributed by atoms with Crippen molar-refractivity contribution in [1.29, 1.82) is 0 Å². The number of H-pyrrole nitrogens is 1. The van der Waals surface area contributed by atoms with E-state index in [9.17, 15) is 10.2 Å². The molecule has 0 amide bonds. The van der Waals surface area contributed by atoms with Crippen molar-refractivity contribution in [3.8, 4) is 40.0 Å². The van der Waals surface area contributed by atoms with Gasteiger partial charge in [-0.25, -0.2) is 4.98 Å². The first-order chi connectivity index (χ1) is 10.2. The van der Waals surface area contributed by atoms with Crippen LogP contribution < -0.4 is 4.74 Å². The molecule has 0 unspecified atom stereocenters. The zero-order chi connectivity index (χ0) is 14.8. The summed E-state index contributed by atoms with van der Waals surface area (Å²) in [6.45, 7) is 0. The summed E-state index contributed by atoms with van der Waals surface area (Å²) in [5.41, 5.74) is 1.45. The molecule has 2 aromatic carbocycles. The number of phenols is 2. The predicted octanol–water partition coefficient (Wildman–Crippen LogP) is 2.56. The smallest absolute Gasteiger partial charge is 0.181 e. The SMILES string of the molecule is COc1cc(-c2nc(-c3cccc(O)c3)n[nH]2)ccc1O. The summed E-state index contributed by atoms with van der Waals surface area (Å²) in [5.74, 6) is 1.61. The second-order valence-corrected chi connectivity index (χ2v) is 4.44. The standard InChI is InChI=1S/C15H13N3O3/c1-21-13-8-10(5-6-12(13)20)15-16-14(17-18-15)9-3-2-4-11(19)7-9/h2-8,19-20H,1H3,(H,16,17,18). The number of aromatic hydroxyl groups is 2. The molecule has 0 spiro atoms. The lowest BCUT2D eigenvalue weighted by molar-refractivity contribution is 0.373. The molecule has 0 aliphatic heterocycles. The number of aromatic nitrogens is 3. The molecule has 0 saturated heterocycles. The number of methoxy groups -OCH3 is 1. The molecule has 3 aromatic rings. The Morgan fingerprint density at radius 3 is 2.67 bits per heavy atom. The normalized spacial score (nSPS) is 10.5. The summed E-state index contributed by atoms with van der Waals surface area (Å²) >= 11 is 0. The first kappa shape index (κ1) is 13.0. The van der Waals surface area contributed by atoms with Gasteiger partial charge in [0.15, 0.2) is 23.1 Å². The highest BCUT2D eigenvalue weighted by atomic mass is 16.5. The van der Waals surface area contributed by atoms with Crippen LogP contribution in [0.5, 0.6) is 17.2 Å². The molecular weight excluding hydrogens is 270 g/mol. The fourth-order valence-corrected chi connectivity index (χ4v) is 1.99. The second kappa shape index (κ2) is 5.16. The monoisotopic (exact) mass is 283 g/mol. The molecule has 21 heavy (non-hydrogen) atoms. The van der Waals surface area contributed by atoms with Gasteiger partial charge < -0.3 is 14.9 Å². The van der Waals surface area contributed by atoms with Crippen LogP contribution in [0, 0.1) is 0 Å². The molecule has 1 aromatic heterocycles. The number of phenolic OH excluding ortho intramolecular Hbond substituents is 2. The van der Waals surface area contributed by atoms with Gasteiger partial charge in [0.2, 0.25) is 0 Å². The Morgan fingerprint density at radius 2 is 1.90 bits per heavy atom. The van der Waals surface area contributed by atoms with Crippen molar-refractivity contribution in [3.63, 3.8) is 0 Å². The van der Waals surface area contributed by atoms with Crippen LogP contribution in [0.1, 0.15) is 0 Å². The van der Waals surface area contributed by atoms with Gasteiger partial charge in [0, 0.05) is 11.1 Å². The minimum atomic E-state index is 0.0639. The molecule has 106 valence electrons. The Hall–Kier alpha value is -3.02. The van der Waals surface area contributed by atoms with Crippen molar-refractivity contribution in [1.82, 2.24) is 15.2 Å². The van der Waals surface area contributed by atoms with Gasteiger partial charge in [0.1, 0.15) is 5.75 Å². The summed E-state index contributed by atoms with van der Waals surface area (Å²) in [4.78, 5) is 4.38. The van der Waals surface area contributed by atoms with Crippen molar-refractivity contribution in [3.05, 3.63) is 42.5 Å². The highest BCUT2D eigenvalue weighted by Crippen LogP contribution is 2.30. The third-order valence-corrected chi connectivity index (χ3v) is 3.04. The lowest BCUT2D eigenvalue weighted by Gasteiger charge is -2.04. The third-order valence-electron chi connectivity index (χ3n) is 3.04. The molecule has 0 aliphatic carbocycles. The van der Waals surface area contributed by atoms with Crippen molar-refractivity contribution in [2.45, 2.75) is 0 Å². The summed E-state index contributed by atoms with van der Waals surface area (Å²) < 4.78 is 5.07. The van der Waals surface area contributed by atoms with Crippen molar-refractivity contribution in [2.24, 2.45) is 0 Å². The highest BCUT2D eigenvalue weighted by Gasteiger charge is 2.10. The largest absolute Gasteiger partial charge is 0.508 e. The second-order valence-electron chi connectivity index (χ2n) is 4.44. The van der Waals surface area contributed by atoms with E-state index in [0.717, 1.165) is 5.56 Å². The Morgan fingerprint density at radius 1 is 1.05 bits per heavy atom. The van der Waals surface area contributed by atoms with E-state index < -0.39 is 0 Å². The number of hydrogen-bond acceptors (Lipinski definition) is 5. The molecule has 3 N–H and O–H groups in total. The fourth-order valence-electron chi connectivity index (χ4n) is 1.99. The molecule has 1 heterocycles. The van der Waals surface area contributed by atoms with Crippen LogP contribution >= 0.6 is 0 Å². The number of rotatable bonds is 3. The lowest BCUT2D eigenvalue weighted by Crippen LogP contribution is -1.86. The molecule has 0 aliphatic rings. The van der Waals surface area contributed by atoms with Gasteiger partial charge in [-0.15, -0.1) is 0 Å². The average Bonchev–Trinajstić information content (AvgIpc) is 2.97. The topological polar surface area (TPSA) is 91.3 Å². The van der Waals surface area contributed by atoms with E-state index in [1.807, 2.05) is 6.07 Å². The molecule has 0 radical (unpaired) electrons. The Kier molecular flexibility index (Phi) is 3.19. The van der Waals surface area contributed by atoms with Crippen LogP contribution in [-0.2, 0) is 0 Å². The molecule has 0 fully saturated rings. The van der Waals surface area contributed by atoms with Crippen molar-refractivity contribution in [2.75, 3.05) is 7.11 Å². The number of benzene rings is 2. The van der Waals surface area contributed by atoms with E-state index in [4.69, 9.17) is 4.74 Å². The zero-order valence-corrected chi connectivity index (χ0v) is 11.2. The van der Waals surface area contributed by atoms with Crippen LogP contribution in [0.2, 0.25) is 0 Å². The molecule has 0 atom stereocenters. The summed E-state index contributed by atoms with van der Waals surface area (Å²) in [7, 11) is 1.48. The van der Waals surface area contributed by atoms with E-state index in [-0.39, 0.29) is 11.5 Å². The van der Waals surface area contributed by atoms with Crippen molar-refractivity contribution < 1.29 is 14.9 Å². The fraction of sp³-hybridized carbons (Fsp3) is 0.0667. The van der Waals surface area contributed by atoms with Crippen LogP contribution in [0.15, 0.2) is 42.5 Å². The summed E-state index contributed by atoms with van der Waals surface area (Å²) in [6.07, 6.45) is 0.